The number of hydrogen-bond donors (Lipinski definition) is 1. The molecule has 0 bridgehead atoms. The van der Waals surface area contributed by atoms with E-state index in [9.17, 15) is 0 Å². The molecule has 0 aliphatic carbocycles. The number of nitrogens with two attached hydrogens (primary N) is 1. The summed E-state index contributed by atoms with van der Waals surface area (Å²) in [7, 11) is 0. The number of nitrogen functional groups attached to an aromatic ring is 1. The molecule has 0 aliphatic heterocycles. The van der Waals surface area contributed by atoms with Crippen LogP contribution in [0.25, 0.3) is 11.0 Å². The van der Waals surface area contributed by atoms with Crippen LogP contribution in [0.3, 0.4) is 0 Å². The highest BCUT2D eigenvalue weighted by molar-refractivity contribution is 5.75. The van der Waals surface area contributed by atoms with Crippen LogP contribution in [-0.2, 0) is 0 Å². The lowest BCUT2D eigenvalue weighted by atomic mass is 10.0. The van der Waals surface area contributed by atoms with E-state index < -0.39 is 0 Å². The molecular formula is C10H12N4. The summed E-state index contributed by atoms with van der Waals surface area (Å²) in [6.07, 6.45) is 0. The molecule has 1 aromatic carbocycles. The van der Waals surface area contributed by atoms with Crippen LogP contribution >= 0.6 is 0 Å². The number of rotatable bonds is 1. The van der Waals surface area contributed by atoms with Gasteiger partial charge in [-0.1, -0.05) is 19.9 Å². The smallest absolute Gasteiger partial charge is 0.240 e. The zero-order valence-corrected chi connectivity index (χ0v) is 8.23. The normalized spacial score (nSPS) is 11.1. The third kappa shape index (κ3) is 1.51. The van der Waals surface area contributed by atoms with Crippen LogP contribution in [0.2, 0.25) is 0 Å². The molecular weight excluding hydrogens is 176 g/mol. The summed E-state index contributed by atoms with van der Waals surface area (Å²) >= 11 is 0. The number of nitrogens with zero attached hydrogens (tertiary/aromatic N) is 3. The summed E-state index contributed by atoms with van der Waals surface area (Å²) in [5.74, 6) is 0.703. The zero-order chi connectivity index (χ0) is 10.1. The topological polar surface area (TPSA) is 64.7 Å². The van der Waals surface area contributed by atoms with Crippen molar-refractivity contribution in [3.63, 3.8) is 0 Å². The van der Waals surface area contributed by atoms with Crippen LogP contribution in [0, 0.1) is 0 Å². The lowest BCUT2D eigenvalue weighted by Gasteiger charge is -2.05. The van der Waals surface area contributed by atoms with Crippen molar-refractivity contribution in [3.8, 4) is 0 Å². The first kappa shape index (κ1) is 8.87. The molecule has 0 atom stereocenters. The van der Waals surface area contributed by atoms with Gasteiger partial charge in [-0.2, -0.15) is 0 Å². The Morgan fingerprint density at radius 1 is 1.14 bits per heavy atom. The van der Waals surface area contributed by atoms with Crippen molar-refractivity contribution in [2.75, 3.05) is 5.73 Å². The Labute approximate surface area is 82.2 Å². The minimum atomic E-state index is 0.221. The van der Waals surface area contributed by atoms with E-state index in [1.165, 1.54) is 5.56 Å². The highest BCUT2D eigenvalue weighted by Crippen LogP contribution is 2.18. The third-order valence-corrected chi connectivity index (χ3v) is 2.16. The maximum absolute atomic E-state index is 5.47. The van der Waals surface area contributed by atoms with Gasteiger partial charge in [-0.05, 0) is 23.6 Å². The van der Waals surface area contributed by atoms with Crippen LogP contribution in [-0.4, -0.2) is 15.2 Å². The van der Waals surface area contributed by atoms with E-state index in [0.717, 1.165) is 11.0 Å². The van der Waals surface area contributed by atoms with Crippen molar-refractivity contribution in [3.05, 3.63) is 23.8 Å². The minimum absolute atomic E-state index is 0.221. The van der Waals surface area contributed by atoms with Gasteiger partial charge in [0.1, 0.15) is 5.52 Å². The molecule has 0 aliphatic rings. The number of hydrogen-bond acceptors (Lipinski definition) is 4. The molecule has 1 heterocycles. The summed E-state index contributed by atoms with van der Waals surface area (Å²) in [6, 6.07) is 5.97. The molecule has 72 valence electrons. The van der Waals surface area contributed by atoms with E-state index in [2.05, 4.69) is 29.0 Å². The second-order valence-corrected chi connectivity index (χ2v) is 3.57. The summed E-state index contributed by atoms with van der Waals surface area (Å²) in [5, 5.41) is 7.64. The van der Waals surface area contributed by atoms with Gasteiger partial charge in [0.15, 0.2) is 0 Å². The predicted molar refractivity (Wildman–Crippen MR) is 55.8 cm³/mol. The molecule has 0 saturated carbocycles. The van der Waals surface area contributed by atoms with Crippen LogP contribution in [0.1, 0.15) is 25.3 Å². The summed E-state index contributed by atoms with van der Waals surface area (Å²) < 4.78 is 0. The number of anilines is 1. The Morgan fingerprint density at radius 3 is 2.64 bits per heavy atom. The fraction of sp³-hybridized carbons (Fsp3) is 0.300. The van der Waals surface area contributed by atoms with E-state index in [-0.39, 0.29) is 5.95 Å². The van der Waals surface area contributed by atoms with Gasteiger partial charge in [0.05, 0.1) is 5.52 Å². The van der Waals surface area contributed by atoms with E-state index in [1.54, 1.807) is 0 Å². The van der Waals surface area contributed by atoms with Gasteiger partial charge >= 0.3 is 0 Å². The predicted octanol–water partition coefficient (Wildman–Crippen LogP) is 1.73. The Morgan fingerprint density at radius 2 is 1.93 bits per heavy atom. The van der Waals surface area contributed by atoms with Crippen molar-refractivity contribution in [2.24, 2.45) is 0 Å². The average Bonchev–Trinajstić information content (AvgIpc) is 2.16. The minimum Gasteiger partial charge on any atom is -0.366 e. The van der Waals surface area contributed by atoms with E-state index in [4.69, 9.17) is 5.73 Å². The first-order valence-electron chi connectivity index (χ1n) is 4.56. The fourth-order valence-electron chi connectivity index (χ4n) is 1.32. The molecule has 4 nitrogen and oxygen atoms in total. The Bertz CT molecular complexity index is 465. The molecule has 0 saturated heterocycles. The second-order valence-electron chi connectivity index (χ2n) is 3.57. The molecule has 0 spiro atoms. The second kappa shape index (κ2) is 3.21. The van der Waals surface area contributed by atoms with Crippen molar-refractivity contribution in [1.82, 2.24) is 15.2 Å². The number of benzene rings is 1. The number of aromatic nitrogens is 3. The Hall–Kier alpha value is -1.71. The van der Waals surface area contributed by atoms with Gasteiger partial charge in [0, 0.05) is 0 Å². The molecule has 1 aromatic heterocycles. The van der Waals surface area contributed by atoms with Crippen LogP contribution in [0.5, 0.6) is 0 Å². The lowest BCUT2D eigenvalue weighted by Crippen LogP contribution is -1.98. The van der Waals surface area contributed by atoms with Gasteiger partial charge in [0.25, 0.3) is 0 Å². The molecule has 0 amide bonds. The Kier molecular flexibility index (Phi) is 2.04. The first-order chi connectivity index (χ1) is 6.66. The van der Waals surface area contributed by atoms with Gasteiger partial charge in [-0.15, -0.1) is 10.2 Å². The molecule has 2 N–H and O–H groups in total. The summed E-state index contributed by atoms with van der Waals surface area (Å²) in [6.45, 7) is 4.28. The molecule has 2 rings (SSSR count). The summed E-state index contributed by atoms with van der Waals surface area (Å²) in [5.41, 5.74) is 8.29. The van der Waals surface area contributed by atoms with E-state index in [1.807, 2.05) is 18.2 Å². The van der Waals surface area contributed by atoms with E-state index in [0.29, 0.717) is 5.92 Å². The van der Waals surface area contributed by atoms with Crippen LogP contribution < -0.4 is 5.73 Å². The first-order valence-corrected chi connectivity index (χ1v) is 4.56. The average molecular weight is 188 g/mol. The quantitative estimate of drug-likeness (QED) is 0.740. The SMILES string of the molecule is CC(C)c1ccc2nnc(N)nc2c1. The van der Waals surface area contributed by atoms with Gasteiger partial charge in [-0.3, -0.25) is 0 Å². The standard InChI is InChI=1S/C10H12N4/c1-6(2)7-3-4-8-9(5-7)12-10(11)14-13-8/h3-6H,1-2H3,(H2,11,12,14). The van der Waals surface area contributed by atoms with Crippen molar-refractivity contribution in [1.29, 1.82) is 0 Å². The van der Waals surface area contributed by atoms with Crippen LogP contribution in [0.15, 0.2) is 18.2 Å². The van der Waals surface area contributed by atoms with E-state index >= 15 is 0 Å². The maximum Gasteiger partial charge on any atom is 0.240 e. The highest BCUT2D eigenvalue weighted by Gasteiger charge is 2.03. The zero-order valence-electron chi connectivity index (χ0n) is 8.23. The lowest BCUT2D eigenvalue weighted by molar-refractivity contribution is 0.867. The number of fused-ring (bicyclic) bond motifs is 1. The van der Waals surface area contributed by atoms with Crippen molar-refractivity contribution < 1.29 is 0 Å². The van der Waals surface area contributed by atoms with Gasteiger partial charge < -0.3 is 5.73 Å². The van der Waals surface area contributed by atoms with Gasteiger partial charge in [-0.25, -0.2) is 4.98 Å². The fourth-order valence-corrected chi connectivity index (χ4v) is 1.32. The van der Waals surface area contributed by atoms with Gasteiger partial charge in [0.2, 0.25) is 5.95 Å². The summed E-state index contributed by atoms with van der Waals surface area (Å²) in [4.78, 5) is 4.12. The molecule has 0 radical (unpaired) electrons. The molecule has 4 heteroatoms. The molecule has 2 aromatic rings. The van der Waals surface area contributed by atoms with Crippen molar-refractivity contribution >= 4 is 17.0 Å². The molecule has 0 unspecified atom stereocenters. The van der Waals surface area contributed by atoms with Crippen LogP contribution in [0.4, 0.5) is 5.95 Å². The third-order valence-electron chi connectivity index (χ3n) is 2.16. The molecule has 0 fully saturated rings. The highest BCUT2D eigenvalue weighted by atomic mass is 15.2. The van der Waals surface area contributed by atoms with Crippen molar-refractivity contribution in [2.45, 2.75) is 19.8 Å². The largest absolute Gasteiger partial charge is 0.366 e. The monoisotopic (exact) mass is 188 g/mol. The Balaban J connectivity index is 2.63. The molecule has 14 heavy (non-hydrogen) atoms. The maximum atomic E-state index is 5.47.